The fourth-order valence-corrected chi connectivity index (χ4v) is 3.79. The molecule has 3 rings (SSSR count). The quantitative estimate of drug-likeness (QED) is 0.423. The number of aromatic amines is 1. The molecule has 29 heavy (non-hydrogen) atoms. The zero-order valence-corrected chi connectivity index (χ0v) is 17.6. The van der Waals surface area contributed by atoms with E-state index in [1.807, 2.05) is 6.07 Å². The first kappa shape index (κ1) is 21.7. The lowest BCUT2D eigenvalue weighted by Gasteiger charge is -2.19. The number of unbranched alkanes of at least 4 members (excludes halogenated alkanes) is 1. The molecular weight excluding hydrogens is 397 g/mol. The number of nitrogens with one attached hydrogen (secondary N) is 1. The highest BCUT2D eigenvalue weighted by molar-refractivity contribution is 6.31. The van der Waals surface area contributed by atoms with Crippen LogP contribution in [0.15, 0.2) is 36.4 Å². The third-order valence-electron chi connectivity index (χ3n) is 5.21. The number of hydrogen-bond donors (Lipinski definition) is 2. The first-order valence-corrected chi connectivity index (χ1v) is 10.1. The molecule has 156 valence electrons. The SMILES string of the molecule is CC(C)(C)c1ccc2[nH]c(-c3ccc(Cl)c(C(F)(F)F)c3)c(CCCCN)c2c1. The van der Waals surface area contributed by atoms with Crippen molar-refractivity contribution in [1.29, 1.82) is 0 Å². The molecule has 0 bridgehead atoms. The third kappa shape index (κ3) is 4.62. The van der Waals surface area contributed by atoms with E-state index in [0.29, 0.717) is 17.8 Å². The molecule has 0 fully saturated rings. The molecular formula is C23H26ClF3N2. The van der Waals surface area contributed by atoms with E-state index >= 15 is 0 Å². The van der Waals surface area contributed by atoms with E-state index in [9.17, 15) is 13.2 Å². The molecule has 0 aliphatic rings. The van der Waals surface area contributed by atoms with E-state index in [-0.39, 0.29) is 10.4 Å². The van der Waals surface area contributed by atoms with E-state index in [4.69, 9.17) is 17.3 Å². The van der Waals surface area contributed by atoms with Gasteiger partial charge < -0.3 is 10.7 Å². The summed E-state index contributed by atoms with van der Waals surface area (Å²) in [6, 6.07) is 10.3. The monoisotopic (exact) mass is 422 g/mol. The van der Waals surface area contributed by atoms with Gasteiger partial charge in [-0.1, -0.05) is 44.5 Å². The maximum absolute atomic E-state index is 13.4. The average Bonchev–Trinajstić information content (AvgIpc) is 2.98. The minimum Gasteiger partial charge on any atom is -0.354 e. The lowest BCUT2D eigenvalue weighted by atomic mass is 9.86. The van der Waals surface area contributed by atoms with Crippen molar-refractivity contribution in [3.05, 3.63) is 58.1 Å². The molecule has 0 aliphatic heterocycles. The molecule has 0 aliphatic carbocycles. The molecule has 0 saturated carbocycles. The summed E-state index contributed by atoms with van der Waals surface area (Å²) in [5, 5.41) is 0.755. The number of nitrogens with two attached hydrogens (primary N) is 1. The lowest BCUT2D eigenvalue weighted by Crippen LogP contribution is -2.10. The van der Waals surface area contributed by atoms with E-state index in [0.717, 1.165) is 41.8 Å². The Kier molecular flexibility index (Phi) is 6.02. The molecule has 6 heteroatoms. The summed E-state index contributed by atoms with van der Waals surface area (Å²) in [4.78, 5) is 3.34. The summed E-state index contributed by atoms with van der Waals surface area (Å²) in [5.41, 5.74) is 9.12. The Labute approximate surface area is 174 Å². The largest absolute Gasteiger partial charge is 0.417 e. The van der Waals surface area contributed by atoms with Crippen molar-refractivity contribution in [3.8, 4) is 11.3 Å². The van der Waals surface area contributed by atoms with E-state index in [1.54, 1.807) is 6.07 Å². The van der Waals surface area contributed by atoms with Crippen molar-refractivity contribution in [2.45, 2.75) is 51.6 Å². The summed E-state index contributed by atoms with van der Waals surface area (Å²) < 4.78 is 40.1. The fourth-order valence-electron chi connectivity index (χ4n) is 3.56. The number of alkyl halides is 3. The van der Waals surface area contributed by atoms with Crippen molar-refractivity contribution >= 4 is 22.5 Å². The smallest absolute Gasteiger partial charge is 0.354 e. The van der Waals surface area contributed by atoms with Crippen LogP contribution in [0.25, 0.3) is 22.2 Å². The zero-order chi connectivity index (χ0) is 21.4. The van der Waals surface area contributed by atoms with Crippen LogP contribution in [0.1, 0.15) is 50.3 Å². The molecule has 0 radical (unpaired) electrons. The molecule has 0 amide bonds. The van der Waals surface area contributed by atoms with Crippen LogP contribution < -0.4 is 5.73 Å². The van der Waals surface area contributed by atoms with E-state index < -0.39 is 11.7 Å². The van der Waals surface area contributed by atoms with Crippen molar-refractivity contribution in [2.75, 3.05) is 6.54 Å². The van der Waals surface area contributed by atoms with Crippen LogP contribution in [0.2, 0.25) is 5.02 Å². The van der Waals surface area contributed by atoms with Gasteiger partial charge in [0.05, 0.1) is 10.6 Å². The number of benzene rings is 2. The molecule has 1 heterocycles. The molecule has 3 N–H and O–H groups in total. The summed E-state index contributed by atoms with van der Waals surface area (Å²) >= 11 is 5.82. The highest BCUT2D eigenvalue weighted by Crippen LogP contribution is 2.40. The van der Waals surface area contributed by atoms with Crippen LogP contribution in [-0.2, 0) is 18.0 Å². The summed E-state index contributed by atoms with van der Waals surface area (Å²) in [5.74, 6) is 0. The number of halogens is 4. The van der Waals surface area contributed by atoms with Crippen molar-refractivity contribution in [1.82, 2.24) is 4.98 Å². The van der Waals surface area contributed by atoms with Gasteiger partial charge in [-0.3, -0.25) is 0 Å². The van der Waals surface area contributed by atoms with Gasteiger partial charge in [0.15, 0.2) is 0 Å². The van der Waals surface area contributed by atoms with Crippen molar-refractivity contribution in [2.24, 2.45) is 5.73 Å². The maximum atomic E-state index is 13.4. The Balaban J connectivity index is 2.20. The second-order valence-electron chi connectivity index (χ2n) is 8.43. The van der Waals surface area contributed by atoms with Crippen molar-refractivity contribution < 1.29 is 13.2 Å². The van der Waals surface area contributed by atoms with Crippen molar-refractivity contribution in [3.63, 3.8) is 0 Å². The minimum atomic E-state index is -4.50. The van der Waals surface area contributed by atoms with E-state index in [2.05, 4.69) is 37.9 Å². The van der Waals surface area contributed by atoms with Gasteiger partial charge in [-0.05, 0) is 72.2 Å². The number of aromatic nitrogens is 1. The fraction of sp³-hybridized carbons (Fsp3) is 0.391. The van der Waals surface area contributed by atoms with Crippen LogP contribution in [0, 0.1) is 0 Å². The highest BCUT2D eigenvalue weighted by atomic mass is 35.5. The molecule has 3 aromatic rings. The average molecular weight is 423 g/mol. The second kappa shape index (κ2) is 8.04. The molecule has 1 aromatic heterocycles. The Morgan fingerprint density at radius 1 is 1.00 bits per heavy atom. The predicted molar refractivity (Wildman–Crippen MR) is 114 cm³/mol. The molecule has 2 nitrogen and oxygen atoms in total. The van der Waals surface area contributed by atoms with Gasteiger partial charge >= 0.3 is 6.18 Å². The summed E-state index contributed by atoms with van der Waals surface area (Å²) in [6.45, 7) is 7.02. The second-order valence-corrected chi connectivity index (χ2v) is 8.83. The highest BCUT2D eigenvalue weighted by Gasteiger charge is 2.33. The lowest BCUT2D eigenvalue weighted by molar-refractivity contribution is -0.137. The molecule has 0 unspecified atom stereocenters. The Hall–Kier alpha value is -1.98. The summed E-state index contributed by atoms with van der Waals surface area (Å²) in [7, 11) is 0. The topological polar surface area (TPSA) is 41.8 Å². The first-order chi connectivity index (χ1) is 13.5. The van der Waals surface area contributed by atoms with E-state index in [1.165, 1.54) is 11.6 Å². The van der Waals surface area contributed by atoms with Gasteiger partial charge in [0.1, 0.15) is 0 Å². The molecule has 0 spiro atoms. The summed E-state index contributed by atoms with van der Waals surface area (Å²) in [6.07, 6.45) is -2.03. The number of hydrogen-bond acceptors (Lipinski definition) is 1. The molecule has 0 atom stereocenters. The number of fused-ring (bicyclic) bond motifs is 1. The maximum Gasteiger partial charge on any atom is 0.417 e. The van der Waals surface area contributed by atoms with Crippen LogP contribution in [0.4, 0.5) is 13.2 Å². The molecule has 0 saturated heterocycles. The Morgan fingerprint density at radius 2 is 1.72 bits per heavy atom. The number of rotatable bonds is 5. The zero-order valence-electron chi connectivity index (χ0n) is 16.9. The van der Waals surface area contributed by atoms with Crippen LogP contribution in [0.3, 0.4) is 0 Å². The third-order valence-corrected chi connectivity index (χ3v) is 5.54. The van der Waals surface area contributed by atoms with Gasteiger partial charge in [0.2, 0.25) is 0 Å². The Morgan fingerprint density at radius 3 is 2.34 bits per heavy atom. The normalized spacial score (nSPS) is 12.7. The predicted octanol–water partition coefficient (Wildman–Crippen LogP) is 7.09. The number of aryl methyl sites for hydroxylation is 1. The van der Waals surface area contributed by atoms with Gasteiger partial charge in [-0.2, -0.15) is 13.2 Å². The standard InChI is InChI=1S/C23H26ClF3N2/c1-22(2,3)15-8-10-20-17(13-15)16(6-4-5-11-28)21(29-20)14-7-9-19(24)18(12-14)23(25,26)27/h7-10,12-13,29H,4-6,11,28H2,1-3H3. The van der Waals surface area contributed by atoms with Crippen LogP contribution in [-0.4, -0.2) is 11.5 Å². The van der Waals surface area contributed by atoms with Crippen LogP contribution in [0.5, 0.6) is 0 Å². The number of H-pyrrole nitrogens is 1. The molecule has 2 aromatic carbocycles. The Bertz CT molecular complexity index is 1010. The van der Waals surface area contributed by atoms with Gasteiger partial charge in [-0.15, -0.1) is 0 Å². The first-order valence-electron chi connectivity index (χ1n) is 9.74. The van der Waals surface area contributed by atoms with Gasteiger partial charge in [0.25, 0.3) is 0 Å². The van der Waals surface area contributed by atoms with Gasteiger partial charge in [0, 0.05) is 16.6 Å². The van der Waals surface area contributed by atoms with Gasteiger partial charge in [-0.25, -0.2) is 0 Å². The minimum absolute atomic E-state index is 0.0239. The van der Waals surface area contributed by atoms with Crippen LogP contribution >= 0.6 is 11.6 Å².